The summed E-state index contributed by atoms with van der Waals surface area (Å²) in [6, 6.07) is 11.5. The van der Waals surface area contributed by atoms with Gasteiger partial charge >= 0.3 is 0 Å². The van der Waals surface area contributed by atoms with Gasteiger partial charge in [0.2, 0.25) is 0 Å². The van der Waals surface area contributed by atoms with Crippen LogP contribution < -0.4 is 10.6 Å². The van der Waals surface area contributed by atoms with E-state index in [0.717, 1.165) is 32.0 Å². The van der Waals surface area contributed by atoms with Gasteiger partial charge in [0.25, 0.3) is 0 Å². The van der Waals surface area contributed by atoms with Crippen molar-refractivity contribution in [1.82, 2.24) is 20.0 Å². The summed E-state index contributed by atoms with van der Waals surface area (Å²) in [6.07, 6.45) is 4.38. The summed E-state index contributed by atoms with van der Waals surface area (Å²) in [5, 5.41) is 11.7. The lowest BCUT2D eigenvalue weighted by molar-refractivity contribution is 0.186. The molecule has 5 nitrogen and oxygen atoms in total. The van der Waals surface area contributed by atoms with Gasteiger partial charge in [0.05, 0.1) is 6.20 Å². The molecule has 1 aromatic heterocycles. The average molecular weight is 339 g/mol. The van der Waals surface area contributed by atoms with Gasteiger partial charge in [-0.25, -0.2) is 4.68 Å². The van der Waals surface area contributed by atoms with Crippen molar-refractivity contribution in [2.75, 3.05) is 31.5 Å². The van der Waals surface area contributed by atoms with Crippen LogP contribution in [0.5, 0.6) is 0 Å². The first-order valence-electron chi connectivity index (χ1n) is 9.54. The number of rotatable bonds is 5. The second-order valence-electron chi connectivity index (χ2n) is 7.53. The van der Waals surface area contributed by atoms with E-state index in [-0.39, 0.29) is 0 Å². The van der Waals surface area contributed by atoms with Crippen LogP contribution >= 0.6 is 0 Å². The maximum Gasteiger partial charge on any atom is 0.124 e. The quantitative estimate of drug-likeness (QED) is 0.878. The van der Waals surface area contributed by atoms with Crippen LogP contribution in [0.3, 0.4) is 0 Å². The lowest BCUT2D eigenvalue weighted by Gasteiger charge is -2.34. The summed E-state index contributed by atoms with van der Waals surface area (Å²) in [5.74, 6) is 1.78. The molecule has 2 aliphatic heterocycles. The Balaban J connectivity index is 1.20. The fourth-order valence-corrected chi connectivity index (χ4v) is 3.98. The minimum absolute atomic E-state index is 0.623. The van der Waals surface area contributed by atoms with E-state index in [4.69, 9.17) is 0 Å². The number of nitrogens with one attached hydrogen (secondary N) is 2. The first kappa shape index (κ1) is 16.6. The molecule has 0 amide bonds. The molecule has 1 atom stereocenters. The summed E-state index contributed by atoms with van der Waals surface area (Å²) in [7, 11) is 0. The zero-order chi connectivity index (χ0) is 17.1. The third kappa shape index (κ3) is 4.05. The Bertz CT molecular complexity index is 687. The number of anilines is 1. The number of likely N-dealkylation sites (tertiary alicyclic amines) is 1. The minimum atomic E-state index is 0.623. The van der Waals surface area contributed by atoms with E-state index in [0.29, 0.717) is 12.0 Å². The standard InChI is InChI=1S/C20H29N5/c1-16-4-2-3-5-18(16)15-24-10-7-19(8-11-24)21-12-17-13-22-20-6-9-23-25(20)14-17/h2-6,9,17,19,21-22H,7-8,10-15H2,1H3/t17-/m0/s1. The lowest BCUT2D eigenvalue weighted by atomic mass is 10.0. The molecular formula is C20H29N5. The van der Waals surface area contributed by atoms with E-state index in [1.165, 1.54) is 37.1 Å². The first-order valence-corrected chi connectivity index (χ1v) is 9.54. The number of piperidine rings is 1. The van der Waals surface area contributed by atoms with Crippen LogP contribution in [0.4, 0.5) is 5.82 Å². The molecule has 0 bridgehead atoms. The SMILES string of the molecule is Cc1ccccc1CN1CCC(NC[C@H]2CNc3ccnn3C2)CC1. The van der Waals surface area contributed by atoms with E-state index >= 15 is 0 Å². The van der Waals surface area contributed by atoms with Gasteiger partial charge in [-0.3, -0.25) is 4.90 Å². The number of hydrogen-bond donors (Lipinski definition) is 2. The van der Waals surface area contributed by atoms with Crippen molar-refractivity contribution in [2.45, 2.75) is 38.9 Å². The van der Waals surface area contributed by atoms with E-state index in [1.807, 2.05) is 12.3 Å². The van der Waals surface area contributed by atoms with E-state index in [1.54, 1.807) is 0 Å². The monoisotopic (exact) mass is 339 g/mol. The van der Waals surface area contributed by atoms with Crippen molar-refractivity contribution in [2.24, 2.45) is 5.92 Å². The first-order chi connectivity index (χ1) is 12.3. The van der Waals surface area contributed by atoms with Crippen LogP contribution in [0.2, 0.25) is 0 Å². The molecule has 3 heterocycles. The summed E-state index contributed by atoms with van der Waals surface area (Å²) in [5.41, 5.74) is 2.88. The van der Waals surface area contributed by atoms with Gasteiger partial charge in [-0.15, -0.1) is 0 Å². The molecule has 0 saturated carbocycles. The van der Waals surface area contributed by atoms with E-state index < -0.39 is 0 Å². The molecule has 0 unspecified atom stereocenters. The molecule has 1 aromatic carbocycles. The molecule has 4 rings (SSSR count). The van der Waals surface area contributed by atoms with Crippen LogP contribution in [0, 0.1) is 12.8 Å². The molecule has 0 spiro atoms. The fraction of sp³-hybridized carbons (Fsp3) is 0.550. The van der Waals surface area contributed by atoms with Crippen molar-refractivity contribution in [3.05, 3.63) is 47.7 Å². The molecule has 2 N–H and O–H groups in total. The number of aromatic nitrogens is 2. The van der Waals surface area contributed by atoms with Crippen molar-refractivity contribution in [1.29, 1.82) is 0 Å². The highest BCUT2D eigenvalue weighted by atomic mass is 15.3. The molecular weight excluding hydrogens is 310 g/mol. The Morgan fingerprint density at radius 3 is 2.88 bits per heavy atom. The smallest absolute Gasteiger partial charge is 0.124 e. The molecule has 134 valence electrons. The van der Waals surface area contributed by atoms with Gasteiger partial charge in [-0.1, -0.05) is 24.3 Å². The Morgan fingerprint density at radius 2 is 2.04 bits per heavy atom. The molecule has 25 heavy (non-hydrogen) atoms. The van der Waals surface area contributed by atoms with E-state index in [2.05, 4.69) is 56.5 Å². The number of fused-ring (bicyclic) bond motifs is 1. The fourth-order valence-electron chi connectivity index (χ4n) is 3.98. The van der Waals surface area contributed by atoms with Crippen molar-refractivity contribution in [3.63, 3.8) is 0 Å². The highest BCUT2D eigenvalue weighted by Crippen LogP contribution is 2.18. The van der Waals surface area contributed by atoms with Crippen LogP contribution in [0.15, 0.2) is 36.5 Å². The largest absolute Gasteiger partial charge is 0.370 e. The maximum atomic E-state index is 4.38. The molecule has 2 aromatic rings. The Morgan fingerprint density at radius 1 is 1.20 bits per heavy atom. The topological polar surface area (TPSA) is 45.1 Å². The number of aryl methyl sites for hydroxylation is 1. The van der Waals surface area contributed by atoms with E-state index in [9.17, 15) is 0 Å². The van der Waals surface area contributed by atoms with Gasteiger partial charge in [0, 0.05) is 44.2 Å². The second-order valence-corrected chi connectivity index (χ2v) is 7.53. The second kappa shape index (κ2) is 7.58. The zero-order valence-electron chi connectivity index (χ0n) is 15.1. The Labute approximate surface area is 150 Å². The lowest BCUT2D eigenvalue weighted by Crippen LogP contribution is -2.45. The summed E-state index contributed by atoms with van der Waals surface area (Å²) < 4.78 is 2.08. The highest BCUT2D eigenvalue weighted by Gasteiger charge is 2.22. The van der Waals surface area contributed by atoms with Crippen molar-refractivity contribution < 1.29 is 0 Å². The Kier molecular flexibility index (Phi) is 5.04. The average Bonchev–Trinajstić information content (AvgIpc) is 3.11. The minimum Gasteiger partial charge on any atom is -0.370 e. The summed E-state index contributed by atoms with van der Waals surface area (Å²) >= 11 is 0. The normalized spacial score (nSPS) is 21.7. The zero-order valence-corrected chi connectivity index (χ0v) is 15.1. The van der Waals surface area contributed by atoms with Gasteiger partial charge in [-0.05, 0) is 44.0 Å². The highest BCUT2D eigenvalue weighted by molar-refractivity contribution is 5.35. The third-order valence-corrected chi connectivity index (χ3v) is 5.66. The molecule has 5 heteroatoms. The summed E-state index contributed by atoms with van der Waals surface area (Å²) in [4.78, 5) is 2.60. The number of nitrogens with zero attached hydrogens (tertiary/aromatic N) is 3. The molecule has 1 fully saturated rings. The van der Waals surface area contributed by atoms with Gasteiger partial charge in [0.1, 0.15) is 5.82 Å². The number of benzene rings is 1. The van der Waals surface area contributed by atoms with Crippen molar-refractivity contribution in [3.8, 4) is 0 Å². The van der Waals surface area contributed by atoms with Gasteiger partial charge in [-0.2, -0.15) is 5.10 Å². The third-order valence-electron chi connectivity index (χ3n) is 5.66. The van der Waals surface area contributed by atoms with Crippen molar-refractivity contribution >= 4 is 5.82 Å². The number of hydrogen-bond acceptors (Lipinski definition) is 4. The van der Waals surface area contributed by atoms with Crippen LogP contribution in [-0.4, -0.2) is 46.9 Å². The van der Waals surface area contributed by atoms with Crippen LogP contribution in [0.25, 0.3) is 0 Å². The molecule has 2 aliphatic rings. The molecule has 1 saturated heterocycles. The van der Waals surface area contributed by atoms with Gasteiger partial charge < -0.3 is 10.6 Å². The molecule has 0 radical (unpaired) electrons. The predicted molar refractivity (Wildman–Crippen MR) is 102 cm³/mol. The predicted octanol–water partition coefficient (Wildman–Crippen LogP) is 2.49. The van der Waals surface area contributed by atoms with Gasteiger partial charge in [0.15, 0.2) is 0 Å². The molecule has 0 aliphatic carbocycles. The summed E-state index contributed by atoms with van der Waals surface area (Å²) in [6.45, 7) is 8.84. The maximum absolute atomic E-state index is 4.38. The van der Waals surface area contributed by atoms with Crippen LogP contribution in [-0.2, 0) is 13.1 Å². The van der Waals surface area contributed by atoms with Crippen LogP contribution in [0.1, 0.15) is 24.0 Å². The Hall–Kier alpha value is -1.85.